The molecule has 0 saturated carbocycles. The third-order valence-corrected chi connectivity index (χ3v) is 5.64. The molecule has 0 saturated heterocycles. The van der Waals surface area contributed by atoms with E-state index in [4.69, 9.17) is 9.29 Å². The van der Waals surface area contributed by atoms with E-state index < -0.39 is 21.8 Å². The number of urea groups is 1. The average Bonchev–Trinajstić information content (AvgIpc) is 3.13. The molecule has 178 valence electrons. The normalized spacial score (nSPS) is 11.9. The summed E-state index contributed by atoms with van der Waals surface area (Å²) in [6, 6.07) is 10.0. The number of fused-ring (bicyclic) bond motifs is 1. The van der Waals surface area contributed by atoms with E-state index in [1.807, 2.05) is 0 Å². The summed E-state index contributed by atoms with van der Waals surface area (Å²) in [4.78, 5) is 18.9. The Bertz CT molecular complexity index is 1200. The standard InChI is InChI=1S/C21H27N5O6S/c1-21(2,29)13-23-14-4-7-16(8-5-14)33(30,31)32-15-6-9-17-18(12-15)25-19(24-17)26-20(28)22-10-3-11-27/h4-9,12,23,27,29H,3,10-11,13H2,1-2H3,(H3,22,24,25,26,28). The Kier molecular flexibility index (Phi) is 7.41. The van der Waals surface area contributed by atoms with Crippen LogP contribution in [0.2, 0.25) is 0 Å². The van der Waals surface area contributed by atoms with Gasteiger partial charge in [0.25, 0.3) is 0 Å². The van der Waals surface area contributed by atoms with E-state index in [1.165, 1.54) is 24.3 Å². The van der Waals surface area contributed by atoms with Crippen LogP contribution >= 0.6 is 0 Å². The first-order valence-electron chi connectivity index (χ1n) is 10.2. The van der Waals surface area contributed by atoms with Crippen molar-refractivity contribution in [2.24, 2.45) is 0 Å². The van der Waals surface area contributed by atoms with E-state index in [-0.39, 0.29) is 23.2 Å². The van der Waals surface area contributed by atoms with Gasteiger partial charge in [0, 0.05) is 31.5 Å². The molecule has 0 unspecified atom stereocenters. The van der Waals surface area contributed by atoms with Crippen LogP contribution < -0.4 is 20.1 Å². The van der Waals surface area contributed by atoms with Crippen LogP contribution in [0, 0.1) is 0 Å². The Labute approximate surface area is 191 Å². The van der Waals surface area contributed by atoms with Crippen LogP contribution in [-0.4, -0.2) is 59.9 Å². The minimum absolute atomic E-state index is 0.0251. The molecule has 1 heterocycles. The van der Waals surface area contributed by atoms with Crippen molar-refractivity contribution in [3.63, 3.8) is 0 Å². The van der Waals surface area contributed by atoms with Crippen molar-refractivity contribution >= 4 is 38.8 Å². The van der Waals surface area contributed by atoms with Gasteiger partial charge in [0.2, 0.25) is 5.95 Å². The van der Waals surface area contributed by atoms with Gasteiger partial charge in [-0.2, -0.15) is 8.42 Å². The second kappa shape index (κ2) is 10.1. The third-order valence-electron chi connectivity index (χ3n) is 4.38. The van der Waals surface area contributed by atoms with Crippen LogP contribution in [-0.2, 0) is 10.1 Å². The molecule has 11 nitrogen and oxygen atoms in total. The molecule has 1 aromatic heterocycles. The molecule has 3 aromatic rings. The van der Waals surface area contributed by atoms with Gasteiger partial charge in [-0.1, -0.05) is 0 Å². The van der Waals surface area contributed by atoms with Crippen molar-refractivity contribution in [3.05, 3.63) is 42.5 Å². The lowest BCUT2D eigenvalue weighted by atomic mass is 10.1. The Hall–Kier alpha value is -3.35. The Morgan fingerprint density at radius 2 is 1.91 bits per heavy atom. The molecule has 0 aliphatic rings. The predicted molar refractivity (Wildman–Crippen MR) is 124 cm³/mol. The molecule has 0 atom stereocenters. The molecule has 0 bridgehead atoms. The maximum atomic E-state index is 12.7. The monoisotopic (exact) mass is 477 g/mol. The molecule has 0 spiro atoms. The Morgan fingerprint density at radius 3 is 2.58 bits per heavy atom. The topological polar surface area (TPSA) is 166 Å². The van der Waals surface area contributed by atoms with Gasteiger partial charge in [-0.3, -0.25) is 5.32 Å². The lowest BCUT2D eigenvalue weighted by molar-refractivity contribution is 0.0945. The van der Waals surface area contributed by atoms with Crippen molar-refractivity contribution in [1.82, 2.24) is 15.3 Å². The van der Waals surface area contributed by atoms with Gasteiger partial charge in [-0.15, -0.1) is 0 Å². The molecule has 33 heavy (non-hydrogen) atoms. The summed E-state index contributed by atoms with van der Waals surface area (Å²) in [5, 5.41) is 26.6. The van der Waals surface area contributed by atoms with Crippen LogP contribution in [0.4, 0.5) is 16.4 Å². The maximum Gasteiger partial charge on any atom is 0.339 e. The van der Waals surface area contributed by atoms with Crippen LogP contribution in [0.3, 0.4) is 0 Å². The maximum absolute atomic E-state index is 12.7. The van der Waals surface area contributed by atoms with Crippen LogP contribution in [0.15, 0.2) is 47.4 Å². The number of aliphatic hydroxyl groups excluding tert-OH is 1. The number of carbonyl (C=O) groups excluding carboxylic acids is 1. The molecule has 6 N–H and O–H groups in total. The van der Waals surface area contributed by atoms with Gasteiger partial charge in [0.15, 0.2) is 0 Å². The van der Waals surface area contributed by atoms with Crippen molar-refractivity contribution in [2.45, 2.75) is 30.8 Å². The number of carbonyl (C=O) groups is 1. The number of aliphatic hydroxyl groups is 2. The first kappa shape index (κ1) is 24.3. The van der Waals surface area contributed by atoms with E-state index >= 15 is 0 Å². The van der Waals surface area contributed by atoms with Gasteiger partial charge >= 0.3 is 16.1 Å². The second-order valence-electron chi connectivity index (χ2n) is 7.95. The SMILES string of the molecule is CC(C)(O)CNc1ccc(S(=O)(=O)Oc2ccc3nc(NC(=O)NCCCO)[nH]c3c2)cc1. The van der Waals surface area contributed by atoms with Crippen molar-refractivity contribution in [3.8, 4) is 5.75 Å². The van der Waals surface area contributed by atoms with Crippen molar-refractivity contribution in [2.75, 3.05) is 30.3 Å². The average molecular weight is 478 g/mol. The fourth-order valence-corrected chi connectivity index (χ4v) is 3.69. The highest BCUT2D eigenvalue weighted by atomic mass is 32.2. The number of aromatic nitrogens is 2. The van der Waals surface area contributed by atoms with Crippen molar-refractivity contribution in [1.29, 1.82) is 0 Å². The van der Waals surface area contributed by atoms with Gasteiger partial charge in [-0.05, 0) is 56.7 Å². The predicted octanol–water partition coefficient (Wildman–Crippen LogP) is 2.02. The lowest BCUT2D eigenvalue weighted by Gasteiger charge is -2.18. The number of amides is 2. The number of hydrogen-bond donors (Lipinski definition) is 6. The van der Waals surface area contributed by atoms with E-state index in [9.17, 15) is 18.3 Å². The highest BCUT2D eigenvalue weighted by Crippen LogP contribution is 2.24. The number of imidazole rings is 1. The number of aromatic amines is 1. The van der Waals surface area contributed by atoms with Gasteiger partial charge in [0.1, 0.15) is 10.6 Å². The Balaban J connectivity index is 1.67. The second-order valence-corrected chi connectivity index (χ2v) is 9.50. The van der Waals surface area contributed by atoms with Crippen LogP contribution in [0.5, 0.6) is 5.75 Å². The molecule has 0 radical (unpaired) electrons. The molecule has 0 fully saturated rings. The van der Waals surface area contributed by atoms with E-state index in [2.05, 4.69) is 25.9 Å². The van der Waals surface area contributed by atoms with E-state index in [0.29, 0.717) is 36.2 Å². The summed E-state index contributed by atoms with van der Waals surface area (Å²) in [6.07, 6.45) is 0.433. The fourth-order valence-electron chi connectivity index (χ4n) is 2.77. The zero-order chi connectivity index (χ0) is 24.1. The van der Waals surface area contributed by atoms with Crippen LogP contribution in [0.25, 0.3) is 11.0 Å². The zero-order valence-corrected chi connectivity index (χ0v) is 19.1. The third kappa shape index (κ3) is 7.07. The minimum Gasteiger partial charge on any atom is -0.396 e. The molecule has 2 aromatic carbocycles. The van der Waals surface area contributed by atoms with E-state index in [0.717, 1.165) is 0 Å². The number of anilines is 2. The summed E-state index contributed by atoms with van der Waals surface area (Å²) in [5.74, 6) is 0.259. The van der Waals surface area contributed by atoms with Gasteiger partial charge in [-0.25, -0.2) is 9.78 Å². The van der Waals surface area contributed by atoms with Gasteiger partial charge < -0.3 is 30.0 Å². The summed E-state index contributed by atoms with van der Waals surface area (Å²) in [5.41, 5.74) is 0.737. The molecular weight excluding hydrogens is 450 g/mol. The van der Waals surface area contributed by atoms with Crippen LogP contribution in [0.1, 0.15) is 20.3 Å². The molecule has 0 aliphatic heterocycles. The number of rotatable bonds is 10. The molecule has 2 amide bonds. The number of nitrogens with one attached hydrogen (secondary N) is 4. The highest BCUT2D eigenvalue weighted by molar-refractivity contribution is 7.87. The highest BCUT2D eigenvalue weighted by Gasteiger charge is 2.18. The van der Waals surface area contributed by atoms with Gasteiger partial charge in [0.05, 0.1) is 16.6 Å². The summed E-state index contributed by atoms with van der Waals surface area (Å²) < 4.78 is 30.5. The number of H-pyrrole nitrogens is 1. The van der Waals surface area contributed by atoms with Crippen molar-refractivity contribution < 1.29 is 27.6 Å². The number of benzene rings is 2. The fraction of sp³-hybridized carbons (Fsp3) is 0.333. The molecule has 0 aliphatic carbocycles. The molecule has 12 heteroatoms. The minimum atomic E-state index is -4.08. The zero-order valence-electron chi connectivity index (χ0n) is 18.3. The summed E-state index contributed by atoms with van der Waals surface area (Å²) >= 11 is 0. The summed E-state index contributed by atoms with van der Waals surface area (Å²) in [7, 11) is -4.08. The largest absolute Gasteiger partial charge is 0.396 e. The van der Waals surface area contributed by atoms with E-state index in [1.54, 1.807) is 32.0 Å². The smallest absolute Gasteiger partial charge is 0.339 e. The number of hydrogen-bond acceptors (Lipinski definition) is 8. The summed E-state index contributed by atoms with van der Waals surface area (Å²) in [6.45, 7) is 3.92. The first-order valence-corrected chi connectivity index (χ1v) is 11.6. The Morgan fingerprint density at radius 1 is 1.18 bits per heavy atom. The molecule has 3 rings (SSSR count). The molecular formula is C21H27N5O6S. The lowest BCUT2D eigenvalue weighted by Crippen LogP contribution is -2.30. The quantitative estimate of drug-likeness (QED) is 0.191. The first-order chi connectivity index (χ1) is 15.6. The number of nitrogens with zero attached hydrogens (tertiary/aromatic N) is 1.